The van der Waals surface area contributed by atoms with Gasteiger partial charge in [-0.1, -0.05) is 30.3 Å². The zero-order chi connectivity index (χ0) is 31.3. The lowest BCUT2D eigenvalue weighted by Gasteiger charge is -2.28. The number of phenols is 1. The average Bonchev–Trinajstić information content (AvgIpc) is 2.87. The number of carbonyl (C=O) groups is 1. The molecule has 0 aromatic heterocycles. The molecule has 1 atom stereocenters. The van der Waals surface area contributed by atoms with Crippen molar-refractivity contribution in [1.82, 2.24) is 10.6 Å². The first-order chi connectivity index (χ1) is 19.4. The van der Waals surface area contributed by atoms with Crippen LogP contribution in [0.5, 0.6) is 5.75 Å². The van der Waals surface area contributed by atoms with E-state index >= 15 is 0 Å². The number of amides is 1. The van der Waals surface area contributed by atoms with Crippen LogP contribution in [-0.2, 0) is 40.4 Å². The second-order valence-electron chi connectivity index (χ2n) is 10.7. The number of alkyl halides is 3. The Morgan fingerprint density at radius 2 is 1.62 bits per heavy atom. The third kappa shape index (κ3) is 10.00. The molecule has 0 fully saturated rings. The van der Waals surface area contributed by atoms with Gasteiger partial charge in [-0.15, -0.1) is 0 Å². The maximum Gasteiger partial charge on any atom is 0.416 e. The summed E-state index contributed by atoms with van der Waals surface area (Å²) >= 11 is 0. The second-order valence-corrected chi connectivity index (χ2v) is 12.4. The zero-order valence-corrected chi connectivity index (χ0v) is 24.0. The van der Waals surface area contributed by atoms with Crippen LogP contribution in [0.1, 0.15) is 47.8 Å². The summed E-state index contributed by atoms with van der Waals surface area (Å²) < 4.78 is 77.8. The van der Waals surface area contributed by atoms with Crippen molar-refractivity contribution >= 4 is 21.6 Å². The van der Waals surface area contributed by atoms with E-state index in [2.05, 4.69) is 15.4 Å². The fraction of sp³-hybridized carbons (Fsp3) is 0.345. The lowest BCUT2D eigenvalue weighted by atomic mass is 9.93. The molecule has 5 N–H and O–H groups in total. The summed E-state index contributed by atoms with van der Waals surface area (Å²) in [5.41, 5.74) is 0.233. The van der Waals surface area contributed by atoms with Crippen LogP contribution in [0.4, 0.5) is 23.2 Å². The predicted octanol–water partition coefficient (Wildman–Crippen LogP) is 4.42. The minimum Gasteiger partial charge on any atom is -0.506 e. The summed E-state index contributed by atoms with van der Waals surface area (Å²) in [6, 6.07) is 13.4. The molecule has 0 spiro atoms. The number of aromatic hydroxyl groups is 1. The van der Waals surface area contributed by atoms with Crippen molar-refractivity contribution in [3.05, 3.63) is 94.3 Å². The van der Waals surface area contributed by atoms with Gasteiger partial charge in [-0.2, -0.15) is 13.2 Å². The maximum absolute atomic E-state index is 13.9. The van der Waals surface area contributed by atoms with Gasteiger partial charge in [0.2, 0.25) is 15.9 Å². The highest BCUT2D eigenvalue weighted by atomic mass is 32.2. The lowest BCUT2D eigenvalue weighted by molar-refractivity contribution is -0.137. The number of aliphatic hydroxyl groups is 1. The van der Waals surface area contributed by atoms with E-state index in [0.717, 1.165) is 17.9 Å². The summed E-state index contributed by atoms with van der Waals surface area (Å²) in [7, 11) is -3.62. The summed E-state index contributed by atoms with van der Waals surface area (Å²) in [6.45, 7) is 3.63. The van der Waals surface area contributed by atoms with Crippen LogP contribution >= 0.6 is 0 Å². The summed E-state index contributed by atoms with van der Waals surface area (Å²) in [5.74, 6) is -1.58. The van der Waals surface area contributed by atoms with Gasteiger partial charge in [0.15, 0.2) is 0 Å². The number of sulfonamides is 1. The Bertz CT molecular complexity index is 1510. The molecule has 8 nitrogen and oxygen atoms in total. The Morgan fingerprint density at radius 1 is 0.976 bits per heavy atom. The first-order valence-corrected chi connectivity index (χ1v) is 14.7. The molecule has 0 aliphatic carbocycles. The number of halogens is 4. The Kier molecular flexibility index (Phi) is 10.2. The third-order valence-corrected chi connectivity index (χ3v) is 6.95. The highest BCUT2D eigenvalue weighted by Gasteiger charge is 2.31. The van der Waals surface area contributed by atoms with Crippen molar-refractivity contribution in [2.75, 3.05) is 17.5 Å². The highest BCUT2D eigenvalue weighted by molar-refractivity contribution is 7.92. The van der Waals surface area contributed by atoms with Crippen molar-refractivity contribution in [1.29, 1.82) is 0 Å². The molecular weight excluding hydrogens is 578 g/mol. The number of nitrogens with one attached hydrogen (secondary N) is 3. The number of hydrogen-bond acceptors (Lipinski definition) is 6. The molecule has 0 unspecified atom stereocenters. The van der Waals surface area contributed by atoms with E-state index in [1.165, 1.54) is 18.2 Å². The van der Waals surface area contributed by atoms with E-state index in [0.29, 0.717) is 29.7 Å². The largest absolute Gasteiger partial charge is 0.506 e. The number of aliphatic hydroxyl groups excluding tert-OH is 1. The molecule has 0 radical (unpaired) electrons. The molecular formula is C29H33F4N3O5S. The van der Waals surface area contributed by atoms with Crippen LogP contribution in [0.2, 0.25) is 0 Å². The molecule has 0 saturated carbocycles. The molecule has 42 heavy (non-hydrogen) atoms. The van der Waals surface area contributed by atoms with Crippen molar-refractivity contribution in [3.8, 4) is 5.75 Å². The van der Waals surface area contributed by atoms with E-state index < -0.39 is 45.1 Å². The Balaban J connectivity index is 1.52. The number of β-amino-alcohol motifs (C(OH)–C–C–N with tert-alkyl or cyclic N) is 1. The van der Waals surface area contributed by atoms with Crippen molar-refractivity contribution in [2.24, 2.45) is 0 Å². The van der Waals surface area contributed by atoms with Gasteiger partial charge < -0.3 is 20.8 Å². The summed E-state index contributed by atoms with van der Waals surface area (Å²) in [5, 5.41) is 26.2. The van der Waals surface area contributed by atoms with Gasteiger partial charge in [0.05, 0.1) is 30.0 Å². The van der Waals surface area contributed by atoms with Crippen LogP contribution < -0.4 is 15.4 Å². The second kappa shape index (κ2) is 13.1. The predicted molar refractivity (Wildman–Crippen MR) is 151 cm³/mol. The Hall–Kier alpha value is -3.68. The molecule has 3 aromatic carbocycles. The van der Waals surface area contributed by atoms with E-state index in [1.807, 2.05) is 26.0 Å². The standard InChI is InChI=1S/C29H33F4N3O5S/c1-28(2,35-17-26(38)20-8-11-25(37)24(14-20)36-42(3,40)41)15-19-6-4-18(5-7-19)12-27(39)34-16-21-13-22(29(31,32)33)9-10-23(21)30/h4-11,13-14,26,35-38H,12,15-17H2,1-3H3,(H,34,39)/t26-/m1/s1. The first kappa shape index (κ1) is 32.8. The zero-order valence-electron chi connectivity index (χ0n) is 23.2. The van der Waals surface area contributed by atoms with E-state index in [4.69, 9.17) is 0 Å². The van der Waals surface area contributed by atoms with Gasteiger partial charge in [-0.05, 0) is 67.3 Å². The summed E-state index contributed by atoms with van der Waals surface area (Å²) in [6.07, 6.45) is -4.15. The number of rotatable bonds is 12. The van der Waals surface area contributed by atoms with Gasteiger partial charge in [-0.25, -0.2) is 12.8 Å². The molecule has 0 aliphatic rings. The fourth-order valence-electron chi connectivity index (χ4n) is 4.21. The molecule has 0 bridgehead atoms. The van der Waals surface area contributed by atoms with Crippen molar-refractivity contribution in [2.45, 2.75) is 51.1 Å². The normalized spacial score (nSPS) is 13.0. The maximum atomic E-state index is 13.9. The number of benzene rings is 3. The minimum atomic E-state index is -4.62. The molecule has 3 aromatic rings. The topological polar surface area (TPSA) is 128 Å². The van der Waals surface area contributed by atoms with Crippen LogP contribution in [0, 0.1) is 5.82 Å². The van der Waals surface area contributed by atoms with Crippen molar-refractivity contribution < 1.29 is 41.0 Å². The molecule has 13 heteroatoms. The van der Waals surface area contributed by atoms with Crippen molar-refractivity contribution in [3.63, 3.8) is 0 Å². The molecule has 0 aliphatic heterocycles. The van der Waals surface area contributed by atoms with Crippen LogP contribution in [0.15, 0.2) is 60.7 Å². The van der Waals surface area contributed by atoms with Gasteiger partial charge in [-0.3, -0.25) is 9.52 Å². The van der Waals surface area contributed by atoms with E-state index in [9.17, 15) is 41.0 Å². The van der Waals surface area contributed by atoms with Crippen LogP contribution in [0.3, 0.4) is 0 Å². The monoisotopic (exact) mass is 611 g/mol. The first-order valence-electron chi connectivity index (χ1n) is 12.9. The molecule has 3 rings (SSSR count). The molecule has 228 valence electrons. The Labute approximate surface area is 241 Å². The lowest BCUT2D eigenvalue weighted by Crippen LogP contribution is -2.43. The van der Waals surface area contributed by atoms with Gasteiger partial charge in [0.25, 0.3) is 0 Å². The van der Waals surface area contributed by atoms with E-state index in [-0.39, 0.29) is 36.5 Å². The fourth-order valence-corrected chi connectivity index (χ4v) is 4.77. The quantitative estimate of drug-likeness (QED) is 0.152. The minimum absolute atomic E-state index is 0.0371. The smallest absolute Gasteiger partial charge is 0.416 e. The van der Waals surface area contributed by atoms with Gasteiger partial charge in [0, 0.05) is 24.2 Å². The molecule has 0 saturated heterocycles. The van der Waals surface area contributed by atoms with E-state index in [1.54, 1.807) is 12.1 Å². The summed E-state index contributed by atoms with van der Waals surface area (Å²) in [4.78, 5) is 12.3. The van der Waals surface area contributed by atoms with Crippen LogP contribution in [-0.4, -0.2) is 42.9 Å². The van der Waals surface area contributed by atoms with Gasteiger partial charge >= 0.3 is 6.18 Å². The number of carbonyl (C=O) groups excluding carboxylic acids is 1. The molecule has 1 amide bonds. The average molecular weight is 612 g/mol. The number of hydrogen-bond donors (Lipinski definition) is 5. The van der Waals surface area contributed by atoms with Gasteiger partial charge in [0.1, 0.15) is 11.6 Å². The number of phenolic OH excluding ortho intramolecular Hbond substituents is 1. The Morgan fingerprint density at radius 3 is 2.24 bits per heavy atom. The molecule has 0 heterocycles. The van der Waals surface area contributed by atoms with Crippen LogP contribution in [0.25, 0.3) is 0 Å². The highest BCUT2D eigenvalue weighted by Crippen LogP contribution is 2.30. The number of anilines is 1. The third-order valence-electron chi connectivity index (χ3n) is 6.36. The SMILES string of the molecule is CC(C)(Cc1ccc(CC(=O)NCc2cc(C(F)(F)F)ccc2F)cc1)NC[C@@H](O)c1ccc(O)c(NS(C)(=O)=O)c1.